The van der Waals surface area contributed by atoms with Gasteiger partial charge in [0, 0.05) is 26.9 Å². The minimum atomic E-state index is -1.45. The van der Waals surface area contributed by atoms with Crippen LogP contribution in [0.1, 0.15) is 11.7 Å². The number of pyridine rings is 1. The van der Waals surface area contributed by atoms with Gasteiger partial charge in [-0.1, -0.05) is 0 Å². The lowest BCUT2D eigenvalue weighted by Crippen LogP contribution is -2.16. The molecule has 0 saturated heterocycles. The highest BCUT2D eigenvalue weighted by atomic mass is 79.9. The molecule has 0 aliphatic rings. The summed E-state index contributed by atoms with van der Waals surface area (Å²) in [6.45, 7) is 0. The first-order valence-electron chi connectivity index (χ1n) is 3.62. The molecule has 0 spiro atoms. The number of aliphatic hydroxyl groups is 2. The first-order chi connectivity index (χ1) is 6.57. The second-order valence-electron chi connectivity index (χ2n) is 2.54. The molecule has 0 aliphatic carbocycles. The monoisotopic (exact) mass is 320 g/mol. The van der Waals surface area contributed by atoms with E-state index in [4.69, 9.17) is 10.4 Å². The third-order valence-corrected chi connectivity index (χ3v) is 2.88. The van der Waals surface area contributed by atoms with Crippen LogP contribution in [0.5, 0.6) is 0 Å². The first kappa shape index (κ1) is 11.6. The van der Waals surface area contributed by atoms with Gasteiger partial charge in [-0.25, -0.2) is 0 Å². The summed E-state index contributed by atoms with van der Waals surface area (Å²) >= 11 is 6.34. The summed E-state index contributed by atoms with van der Waals surface area (Å²) in [7, 11) is 0. The normalized spacial score (nSPS) is 14.5. The van der Waals surface area contributed by atoms with Crippen LogP contribution in [0, 0.1) is 11.3 Å². The molecule has 0 fully saturated rings. The molecule has 2 N–H and O–H groups in total. The summed E-state index contributed by atoms with van der Waals surface area (Å²) in [6.07, 6.45) is 0.248. The number of nitrogens with zero attached hydrogens (tertiary/aromatic N) is 2. The molecule has 14 heavy (non-hydrogen) atoms. The Morgan fingerprint density at radius 3 is 2.21 bits per heavy atom. The molecule has 0 bridgehead atoms. The fraction of sp³-hybridized carbons (Fsp3) is 0.250. The highest BCUT2D eigenvalue weighted by molar-refractivity contribution is 9.11. The first-order valence-corrected chi connectivity index (χ1v) is 5.21. The Hall–Kier alpha value is -0.480. The number of hydrogen-bond acceptors (Lipinski definition) is 4. The highest BCUT2D eigenvalue weighted by Crippen LogP contribution is 2.31. The number of aromatic nitrogens is 1. The predicted molar refractivity (Wildman–Crippen MR) is 56.2 cm³/mol. The van der Waals surface area contributed by atoms with E-state index < -0.39 is 12.2 Å². The second kappa shape index (κ2) is 4.84. The molecule has 0 aromatic carbocycles. The molecular formula is C8H6Br2N2O2. The van der Waals surface area contributed by atoms with Gasteiger partial charge < -0.3 is 10.2 Å². The van der Waals surface area contributed by atoms with Gasteiger partial charge >= 0.3 is 0 Å². The molecule has 0 radical (unpaired) electrons. The van der Waals surface area contributed by atoms with Crippen molar-refractivity contribution >= 4 is 31.9 Å². The van der Waals surface area contributed by atoms with Crippen molar-refractivity contribution in [2.24, 2.45) is 0 Å². The molecule has 0 saturated carbocycles. The molecule has 0 aliphatic heterocycles. The fourth-order valence-electron chi connectivity index (χ4n) is 0.932. The van der Waals surface area contributed by atoms with Crippen molar-refractivity contribution in [2.45, 2.75) is 12.2 Å². The number of rotatable bonds is 2. The van der Waals surface area contributed by atoms with Crippen molar-refractivity contribution in [3.05, 3.63) is 26.9 Å². The van der Waals surface area contributed by atoms with Crippen molar-refractivity contribution < 1.29 is 10.2 Å². The van der Waals surface area contributed by atoms with E-state index in [9.17, 15) is 5.11 Å². The Labute approximate surface area is 97.5 Å². The maximum atomic E-state index is 9.59. The summed E-state index contributed by atoms with van der Waals surface area (Å²) in [4.78, 5) is 3.84. The maximum absolute atomic E-state index is 9.59. The molecule has 2 atom stereocenters. The number of aliphatic hydroxyl groups excluding tert-OH is 2. The van der Waals surface area contributed by atoms with E-state index in [1.54, 1.807) is 6.07 Å². The second-order valence-corrected chi connectivity index (χ2v) is 4.24. The van der Waals surface area contributed by atoms with Gasteiger partial charge in [0.1, 0.15) is 6.10 Å². The topological polar surface area (TPSA) is 77.1 Å². The predicted octanol–water partition coefficient (Wildman–Crippen LogP) is 1.52. The van der Waals surface area contributed by atoms with Crippen molar-refractivity contribution in [3.63, 3.8) is 0 Å². The molecule has 1 heterocycles. The Kier molecular flexibility index (Phi) is 4.01. The maximum Gasteiger partial charge on any atom is 0.170 e. The van der Waals surface area contributed by atoms with Crippen LogP contribution in [0.4, 0.5) is 0 Å². The lowest BCUT2D eigenvalue weighted by atomic mass is 10.1. The lowest BCUT2D eigenvalue weighted by molar-refractivity contribution is 0.0517. The van der Waals surface area contributed by atoms with Gasteiger partial charge in [0.2, 0.25) is 0 Å². The van der Waals surface area contributed by atoms with E-state index in [1.807, 2.05) is 0 Å². The van der Waals surface area contributed by atoms with Gasteiger partial charge in [-0.2, -0.15) is 5.26 Å². The van der Waals surface area contributed by atoms with Crippen LogP contribution >= 0.6 is 31.9 Å². The van der Waals surface area contributed by atoms with Crippen LogP contribution in [0.3, 0.4) is 0 Å². The van der Waals surface area contributed by atoms with Gasteiger partial charge in [-0.3, -0.25) is 4.98 Å². The fourth-order valence-corrected chi connectivity index (χ4v) is 2.33. The molecule has 4 nitrogen and oxygen atoms in total. The zero-order valence-electron chi connectivity index (χ0n) is 6.85. The van der Waals surface area contributed by atoms with Gasteiger partial charge in [0.15, 0.2) is 6.10 Å². The summed E-state index contributed by atoms with van der Waals surface area (Å²) in [5, 5.41) is 27.2. The van der Waals surface area contributed by atoms with E-state index in [0.29, 0.717) is 14.5 Å². The van der Waals surface area contributed by atoms with Gasteiger partial charge in [0.05, 0.1) is 6.07 Å². The van der Waals surface area contributed by atoms with Crippen molar-refractivity contribution in [2.75, 3.05) is 0 Å². The highest BCUT2D eigenvalue weighted by Gasteiger charge is 2.22. The van der Waals surface area contributed by atoms with Crippen LogP contribution in [-0.4, -0.2) is 21.3 Å². The zero-order chi connectivity index (χ0) is 10.7. The van der Waals surface area contributed by atoms with Gasteiger partial charge in [-0.05, 0) is 31.9 Å². The Morgan fingerprint density at radius 2 is 1.79 bits per heavy atom. The summed E-state index contributed by atoms with van der Waals surface area (Å²) in [5.41, 5.74) is 0.411. The van der Waals surface area contributed by atoms with E-state index >= 15 is 0 Å². The molecule has 0 amide bonds. The smallest absolute Gasteiger partial charge is 0.170 e. The largest absolute Gasteiger partial charge is 0.384 e. The minimum absolute atomic E-state index is 0.411. The third-order valence-electron chi connectivity index (χ3n) is 1.62. The van der Waals surface area contributed by atoms with E-state index in [2.05, 4.69) is 36.8 Å². The standard InChI is InChI=1S/C8H6Br2N2O2/c9-4-2-12-3-5(10)7(4)8(14)6(13)1-11/h2-3,6,8,13-14H. The Bertz CT molecular complexity index is 358. The zero-order valence-corrected chi connectivity index (χ0v) is 10.0. The van der Waals surface area contributed by atoms with Gasteiger partial charge in [0.25, 0.3) is 0 Å². The molecule has 1 aromatic rings. The van der Waals surface area contributed by atoms with Crippen molar-refractivity contribution in [1.82, 2.24) is 4.98 Å². The molecular weight excluding hydrogens is 316 g/mol. The molecule has 74 valence electrons. The average Bonchev–Trinajstić information content (AvgIpc) is 2.16. The number of hydrogen-bond donors (Lipinski definition) is 2. The molecule has 1 aromatic heterocycles. The van der Waals surface area contributed by atoms with E-state index in [-0.39, 0.29) is 0 Å². The summed E-state index contributed by atoms with van der Waals surface area (Å²) in [5.74, 6) is 0. The minimum Gasteiger partial charge on any atom is -0.384 e. The van der Waals surface area contributed by atoms with Crippen molar-refractivity contribution in [1.29, 1.82) is 5.26 Å². The van der Waals surface area contributed by atoms with Crippen LogP contribution in [0.15, 0.2) is 21.3 Å². The summed E-state index contributed by atoms with van der Waals surface area (Å²) < 4.78 is 1.07. The van der Waals surface area contributed by atoms with Crippen molar-refractivity contribution in [3.8, 4) is 6.07 Å². The SMILES string of the molecule is N#CC(O)C(O)c1c(Br)cncc1Br. The molecule has 2 unspecified atom stereocenters. The van der Waals surface area contributed by atoms with Crippen LogP contribution in [0.2, 0.25) is 0 Å². The molecule has 6 heteroatoms. The Morgan fingerprint density at radius 1 is 1.29 bits per heavy atom. The number of halogens is 2. The average molecular weight is 322 g/mol. The third kappa shape index (κ3) is 2.30. The van der Waals surface area contributed by atoms with Crippen LogP contribution < -0.4 is 0 Å². The molecule has 1 rings (SSSR count). The van der Waals surface area contributed by atoms with Crippen LogP contribution in [0.25, 0.3) is 0 Å². The van der Waals surface area contributed by atoms with Crippen LogP contribution in [-0.2, 0) is 0 Å². The van der Waals surface area contributed by atoms with Gasteiger partial charge in [-0.15, -0.1) is 0 Å². The quantitative estimate of drug-likeness (QED) is 0.810. The summed E-state index contributed by atoms with van der Waals surface area (Å²) in [6, 6.07) is 1.56. The van der Waals surface area contributed by atoms with E-state index in [1.165, 1.54) is 12.4 Å². The lowest BCUT2D eigenvalue weighted by Gasteiger charge is -2.14. The number of nitriles is 1. The Balaban J connectivity index is 3.13. The van der Waals surface area contributed by atoms with E-state index in [0.717, 1.165) is 0 Å².